The number of aryl methyl sites for hydroxylation is 1. The van der Waals surface area contributed by atoms with E-state index in [1.807, 2.05) is 24.4 Å². The summed E-state index contributed by atoms with van der Waals surface area (Å²) < 4.78 is 2.09. The number of nitrogens with two attached hydrogens (primary N) is 1. The number of nitrogens with one attached hydrogen (secondary N) is 1. The molecule has 0 fully saturated rings. The summed E-state index contributed by atoms with van der Waals surface area (Å²) in [6.07, 6.45) is 5.41. The van der Waals surface area contributed by atoms with E-state index >= 15 is 0 Å². The van der Waals surface area contributed by atoms with Gasteiger partial charge in [0.2, 0.25) is 5.91 Å². The smallest absolute Gasteiger partial charge is 0.248 e. The average molecular weight is 298 g/mol. The number of hydrogen-bond acceptors (Lipinski definition) is 3. The van der Waals surface area contributed by atoms with E-state index in [4.69, 9.17) is 5.73 Å². The minimum Gasteiger partial charge on any atom is -0.366 e. The van der Waals surface area contributed by atoms with Crippen LogP contribution in [0.15, 0.2) is 30.5 Å². The van der Waals surface area contributed by atoms with E-state index in [1.165, 1.54) is 17.7 Å². The van der Waals surface area contributed by atoms with Gasteiger partial charge in [0.1, 0.15) is 0 Å². The van der Waals surface area contributed by atoms with E-state index in [1.54, 1.807) is 6.07 Å². The number of carbonyl (C=O) groups is 1. The minimum absolute atomic E-state index is 0.335. The summed E-state index contributed by atoms with van der Waals surface area (Å²) in [5, 5.41) is 8.07. The SMILES string of the molecule is CCn1ncc2c1CCC[C@@H]2NCc1cccc(C(N)=O)c1. The molecule has 1 amide bonds. The molecule has 0 radical (unpaired) electrons. The van der Waals surface area contributed by atoms with Crippen LogP contribution in [-0.4, -0.2) is 15.7 Å². The molecule has 0 saturated heterocycles. The van der Waals surface area contributed by atoms with E-state index < -0.39 is 0 Å². The molecule has 22 heavy (non-hydrogen) atoms. The van der Waals surface area contributed by atoms with Crippen LogP contribution >= 0.6 is 0 Å². The fourth-order valence-corrected chi connectivity index (χ4v) is 3.18. The molecule has 0 saturated carbocycles. The van der Waals surface area contributed by atoms with Gasteiger partial charge in [-0.2, -0.15) is 5.10 Å². The monoisotopic (exact) mass is 298 g/mol. The molecule has 0 spiro atoms. The van der Waals surface area contributed by atoms with Crippen LogP contribution in [0.1, 0.15) is 53.0 Å². The minimum atomic E-state index is -0.383. The van der Waals surface area contributed by atoms with Crippen LogP contribution in [0.25, 0.3) is 0 Å². The van der Waals surface area contributed by atoms with Gasteiger partial charge in [-0.25, -0.2) is 0 Å². The number of rotatable bonds is 5. The number of aromatic nitrogens is 2. The van der Waals surface area contributed by atoms with Crippen LogP contribution in [0.3, 0.4) is 0 Å². The number of nitrogens with zero attached hydrogens (tertiary/aromatic N) is 2. The van der Waals surface area contributed by atoms with Gasteiger partial charge < -0.3 is 11.1 Å². The van der Waals surface area contributed by atoms with Gasteiger partial charge in [0, 0.05) is 36.0 Å². The molecule has 1 aromatic carbocycles. The van der Waals surface area contributed by atoms with Crippen molar-refractivity contribution in [2.75, 3.05) is 0 Å². The highest BCUT2D eigenvalue weighted by Gasteiger charge is 2.23. The maximum Gasteiger partial charge on any atom is 0.248 e. The van der Waals surface area contributed by atoms with E-state index in [-0.39, 0.29) is 5.91 Å². The maximum atomic E-state index is 11.2. The lowest BCUT2D eigenvalue weighted by Crippen LogP contribution is -2.25. The van der Waals surface area contributed by atoms with Gasteiger partial charge in [-0.05, 0) is 43.9 Å². The third-order valence-corrected chi connectivity index (χ3v) is 4.33. The molecule has 1 aliphatic carbocycles. The lowest BCUT2D eigenvalue weighted by Gasteiger charge is -2.24. The first kappa shape index (κ1) is 14.8. The molecule has 5 nitrogen and oxygen atoms in total. The molecule has 1 atom stereocenters. The highest BCUT2D eigenvalue weighted by atomic mass is 16.1. The first-order valence-electron chi connectivity index (χ1n) is 7.85. The van der Waals surface area contributed by atoms with Crippen molar-refractivity contribution in [3.05, 3.63) is 52.8 Å². The van der Waals surface area contributed by atoms with Crippen molar-refractivity contribution in [2.45, 2.75) is 45.3 Å². The first-order valence-corrected chi connectivity index (χ1v) is 7.85. The molecule has 0 aliphatic heterocycles. The third-order valence-electron chi connectivity index (χ3n) is 4.33. The number of carbonyl (C=O) groups excluding carboxylic acids is 1. The molecule has 3 N–H and O–H groups in total. The Bertz CT molecular complexity index is 677. The average Bonchev–Trinajstić information content (AvgIpc) is 2.97. The van der Waals surface area contributed by atoms with E-state index in [2.05, 4.69) is 22.0 Å². The largest absolute Gasteiger partial charge is 0.366 e. The quantitative estimate of drug-likeness (QED) is 0.888. The summed E-state index contributed by atoms with van der Waals surface area (Å²) in [6, 6.07) is 7.82. The summed E-state index contributed by atoms with van der Waals surface area (Å²) in [5.74, 6) is -0.383. The lowest BCUT2D eigenvalue weighted by atomic mass is 9.92. The molecule has 2 aromatic rings. The zero-order chi connectivity index (χ0) is 15.5. The Hall–Kier alpha value is -2.14. The lowest BCUT2D eigenvalue weighted by molar-refractivity contribution is 0.1000. The highest BCUT2D eigenvalue weighted by Crippen LogP contribution is 2.29. The zero-order valence-electron chi connectivity index (χ0n) is 12.9. The van der Waals surface area contributed by atoms with Crippen LogP contribution in [0.4, 0.5) is 0 Å². The summed E-state index contributed by atoms with van der Waals surface area (Å²) in [4.78, 5) is 11.2. The van der Waals surface area contributed by atoms with Crippen molar-refractivity contribution in [3.63, 3.8) is 0 Å². The second kappa shape index (κ2) is 6.32. The Morgan fingerprint density at radius 1 is 1.50 bits per heavy atom. The van der Waals surface area contributed by atoms with Gasteiger partial charge in [0.25, 0.3) is 0 Å². The Morgan fingerprint density at radius 3 is 3.14 bits per heavy atom. The fraction of sp³-hybridized carbons (Fsp3) is 0.412. The predicted octanol–water partition coefficient (Wildman–Crippen LogP) is 2.17. The number of amides is 1. The molecule has 116 valence electrons. The Balaban J connectivity index is 1.71. The van der Waals surface area contributed by atoms with Gasteiger partial charge in [-0.1, -0.05) is 12.1 Å². The van der Waals surface area contributed by atoms with Gasteiger partial charge >= 0.3 is 0 Å². The van der Waals surface area contributed by atoms with Crippen molar-refractivity contribution in [1.29, 1.82) is 0 Å². The van der Waals surface area contributed by atoms with E-state index in [0.717, 1.165) is 31.5 Å². The van der Waals surface area contributed by atoms with Crippen molar-refractivity contribution >= 4 is 5.91 Å². The van der Waals surface area contributed by atoms with E-state index in [9.17, 15) is 4.79 Å². The molecule has 1 aliphatic rings. The topological polar surface area (TPSA) is 72.9 Å². The number of fused-ring (bicyclic) bond motifs is 1. The standard InChI is InChI=1S/C17H22N4O/c1-2-21-16-8-4-7-15(14(16)11-20-21)19-10-12-5-3-6-13(9-12)17(18)22/h3,5-6,9,11,15,19H,2,4,7-8,10H2,1H3,(H2,18,22)/t15-/m0/s1. The number of primary amides is 1. The molecule has 1 aromatic heterocycles. The van der Waals surface area contributed by atoms with Crippen LogP contribution in [0.5, 0.6) is 0 Å². The third kappa shape index (κ3) is 2.90. The Kier molecular flexibility index (Phi) is 4.24. The second-order valence-electron chi connectivity index (χ2n) is 5.75. The van der Waals surface area contributed by atoms with Gasteiger partial charge in [-0.15, -0.1) is 0 Å². The molecule has 1 heterocycles. The Labute approximate surface area is 130 Å². The summed E-state index contributed by atoms with van der Waals surface area (Å²) >= 11 is 0. The normalized spacial score (nSPS) is 17.2. The summed E-state index contributed by atoms with van der Waals surface area (Å²) in [5.41, 5.74) is 9.64. The van der Waals surface area contributed by atoms with E-state index in [0.29, 0.717) is 11.6 Å². The van der Waals surface area contributed by atoms with Crippen molar-refractivity contribution in [1.82, 2.24) is 15.1 Å². The highest BCUT2D eigenvalue weighted by molar-refractivity contribution is 5.92. The molecular formula is C17H22N4O. The Morgan fingerprint density at radius 2 is 2.36 bits per heavy atom. The molecule has 0 bridgehead atoms. The van der Waals surface area contributed by atoms with Gasteiger partial charge in [0.05, 0.1) is 6.20 Å². The molecule has 0 unspecified atom stereocenters. The predicted molar refractivity (Wildman–Crippen MR) is 85.4 cm³/mol. The molecule has 5 heteroatoms. The summed E-state index contributed by atoms with van der Waals surface area (Å²) in [7, 11) is 0. The van der Waals surface area contributed by atoms with Crippen LogP contribution in [0.2, 0.25) is 0 Å². The number of hydrogen-bond donors (Lipinski definition) is 2. The summed E-state index contributed by atoms with van der Waals surface area (Å²) in [6.45, 7) is 3.77. The van der Waals surface area contributed by atoms with Crippen molar-refractivity contribution in [3.8, 4) is 0 Å². The zero-order valence-corrected chi connectivity index (χ0v) is 12.9. The number of benzene rings is 1. The maximum absolute atomic E-state index is 11.2. The van der Waals surface area contributed by atoms with Crippen LogP contribution < -0.4 is 11.1 Å². The fourth-order valence-electron chi connectivity index (χ4n) is 3.18. The molecular weight excluding hydrogens is 276 g/mol. The van der Waals surface area contributed by atoms with Crippen LogP contribution in [-0.2, 0) is 19.5 Å². The van der Waals surface area contributed by atoms with Crippen LogP contribution in [0, 0.1) is 0 Å². The second-order valence-corrected chi connectivity index (χ2v) is 5.75. The van der Waals surface area contributed by atoms with Gasteiger partial charge in [0.15, 0.2) is 0 Å². The van der Waals surface area contributed by atoms with Crippen molar-refractivity contribution < 1.29 is 4.79 Å². The molecule has 3 rings (SSSR count). The van der Waals surface area contributed by atoms with Gasteiger partial charge in [-0.3, -0.25) is 9.48 Å². The van der Waals surface area contributed by atoms with Crippen molar-refractivity contribution in [2.24, 2.45) is 5.73 Å². The first-order chi connectivity index (χ1) is 10.7.